The molecule has 0 bridgehead atoms. The first-order chi connectivity index (χ1) is 13.9. The molecule has 0 radical (unpaired) electrons. The topological polar surface area (TPSA) is 89.0 Å². The van der Waals surface area contributed by atoms with Gasteiger partial charge in [0.05, 0.1) is 19.4 Å². The molecule has 2 rings (SSSR count). The number of nitrogens with zero attached hydrogens (tertiary/aromatic N) is 1. The van der Waals surface area contributed by atoms with Crippen molar-refractivity contribution in [1.29, 1.82) is 0 Å². The van der Waals surface area contributed by atoms with Crippen LogP contribution in [0, 0.1) is 0 Å². The van der Waals surface area contributed by atoms with Crippen molar-refractivity contribution in [2.75, 3.05) is 12.4 Å². The van der Waals surface area contributed by atoms with E-state index in [1.54, 1.807) is 49.6 Å². The number of hydrogen-bond donors (Lipinski definition) is 2. The van der Waals surface area contributed by atoms with E-state index in [0.717, 1.165) is 5.56 Å². The van der Waals surface area contributed by atoms with Gasteiger partial charge in [-0.3, -0.25) is 9.59 Å². The van der Waals surface area contributed by atoms with Gasteiger partial charge in [0.1, 0.15) is 0 Å². The van der Waals surface area contributed by atoms with E-state index < -0.39 is 0 Å². The molecule has 0 spiro atoms. The first-order valence-corrected chi connectivity index (χ1v) is 9.47. The summed E-state index contributed by atoms with van der Waals surface area (Å²) in [5.74, 6) is 0.562. The third-order valence-corrected chi connectivity index (χ3v) is 3.88. The third kappa shape index (κ3) is 7.83. The van der Waals surface area contributed by atoms with Gasteiger partial charge in [-0.1, -0.05) is 17.7 Å². The monoisotopic (exact) mass is 417 g/mol. The van der Waals surface area contributed by atoms with Crippen LogP contribution < -0.4 is 20.2 Å². The summed E-state index contributed by atoms with van der Waals surface area (Å²) in [5, 5.41) is 7.12. The minimum Gasteiger partial charge on any atom is -0.493 e. The summed E-state index contributed by atoms with van der Waals surface area (Å²) in [6, 6.07) is 12.1. The number of carbonyl (C=O) groups is 2. The average molecular weight is 418 g/mol. The lowest BCUT2D eigenvalue weighted by molar-refractivity contribution is -0.124. The Morgan fingerprint density at radius 3 is 2.55 bits per heavy atom. The maximum absolute atomic E-state index is 11.9. The van der Waals surface area contributed by atoms with Crippen LogP contribution in [-0.4, -0.2) is 31.2 Å². The zero-order chi connectivity index (χ0) is 21.2. The van der Waals surface area contributed by atoms with Crippen LogP contribution in [0.2, 0.25) is 5.02 Å². The van der Waals surface area contributed by atoms with Crippen molar-refractivity contribution in [3.63, 3.8) is 0 Å². The zero-order valence-corrected chi connectivity index (χ0v) is 17.3. The zero-order valence-electron chi connectivity index (χ0n) is 16.6. The lowest BCUT2D eigenvalue weighted by Gasteiger charge is -2.13. The van der Waals surface area contributed by atoms with Crippen molar-refractivity contribution in [3.05, 3.63) is 53.1 Å². The number of hydrazone groups is 1. The van der Waals surface area contributed by atoms with E-state index in [2.05, 4.69) is 15.8 Å². The fraction of sp³-hybridized carbons (Fsp3) is 0.286. The van der Waals surface area contributed by atoms with E-state index in [9.17, 15) is 9.59 Å². The van der Waals surface area contributed by atoms with Gasteiger partial charge in [0.25, 0.3) is 0 Å². The quantitative estimate of drug-likeness (QED) is 0.476. The van der Waals surface area contributed by atoms with Crippen LogP contribution >= 0.6 is 11.6 Å². The third-order valence-electron chi connectivity index (χ3n) is 3.64. The molecule has 0 saturated carbocycles. The summed E-state index contributed by atoms with van der Waals surface area (Å²) < 4.78 is 11.0. The smallest absolute Gasteiger partial charge is 0.240 e. The van der Waals surface area contributed by atoms with Gasteiger partial charge in [-0.15, -0.1) is 0 Å². The van der Waals surface area contributed by atoms with Crippen molar-refractivity contribution in [3.8, 4) is 11.5 Å². The van der Waals surface area contributed by atoms with Crippen molar-refractivity contribution < 1.29 is 19.1 Å². The number of nitrogens with one attached hydrogen (secondary N) is 2. The van der Waals surface area contributed by atoms with Crippen molar-refractivity contribution >= 4 is 35.3 Å². The van der Waals surface area contributed by atoms with Crippen LogP contribution in [0.1, 0.15) is 32.3 Å². The molecule has 29 heavy (non-hydrogen) atoms. The Morgan fingerprint density at radius 1 is 1.10 bits per heavy atom. The Bertz CT molecular complexity index is 884. The predicted octanol–water partition coefficient (Wildman–Crippen LogP) is 4.00. The number of rotatable bonds is 9. The van der Waals surface area contributed by atoms with Crippen LogP contribution in [0.15, 0.2) is 47.6 Å². The minimum absolute atomic E-state index is 0.00816. The number of benzene rings is 2. The summed E-state index contributed by atoms with van der Waals surface area (Å²) in [4.78, 5) is 23.8. The minimum atomic E-state index is -0.366. The van der Waals surface area contributed by atoms with Crippen LogP contribution in [0.25, 0.3) is 0 Å². The second-order valence-corrected chi connectivity index (χ2v) is 6.87. The normalized spacial score (nSPS) is 10.8. The maximum atomic E-state index is 11.9. The van der Waals surface area contributed by atoms with Gasteiger partial charge in [0, 0.05) is 23.6 Å². The van der Waals surface area contributed by atoms with E-state index in [1.165, 1.54) is 6.21 Å². The van der Waals surface area contributed by atoms with Gasteiger partial charge in [-0.2, -0.15) is 5.10 Å². The molecule has 8 heteroatoms. The van der Waals surface area contributed by atoms with Crippen molar-refractivity contribution in [2.24, 2.45) is 5.10 Å². The molecule has 0 aliphatic carbocycles. The SMILES string of the molecule is COc1cc(C=NNC(=O)CCC(=O)Nc2cccc(Cl)c2)ccc1OC(C)C. The molecule has 0 atom stereocenters. The number of carbonyl (C=O) groups excluding carboxylic acids is 2. The van der Waals surface area contributed by atoms with Gasteiger partial charge in [-0.25, -0.2) is 5.43 Å². The first-order valence-electron chi connectivity index (χ1n) is 9.09. The van der Waals surface area contributed by atoms with Crippen LogP contribution in [-0.2, 0) is 9.59 Å². The van der Waals surface area contributed by atoms with Crippen molar-refractivity contribution in [2.45, 2.75) is 32.8 Å². The molecule has 0 aliphatic heterocycles. The Morgan fingerprint density at radius 2 is 1.86 bits per heavy atom. The number of methoxy groups -OCH3 is 1. The fourth-order valence-electron chi connectivity index (χ4n) is 2.37. The molecule has 0 heterocycles. The summed E-state index contributed by atoms with van der Waals surface area (Å²) in [6.07, 6.45) is 1.56. The average Bonchev–Trinajstić information content (AvgIpc) is 2.67. The Balaban J connectivity index is 1.81. The standard InChI is InChI=1S/C21H24ClN3O4/c1-14(2)29-18-8-7-15(11-19(18)28-3)13-23-25-21(27)10-9-20(26)24-17-6-4-5-16(22)12-17/h4-8,11-14H,9-10H2,1-3H3,(H,24,26)(H,25,27). The van der Waals surface area contributed by atoms with E-state index in [4.69, 9.17) is 21.1 Å². The van der Waals surface area contributed by atoms with Gasteiger partial charge in [-0.05, 0) is 55.8 Å². The van der Waals surface area contributed by atoms with Crippen LogP contribution in [0.3, 0.4) is 0 Å². The molecule has 2 aromatic carbocycles. The summed E-state index contributed by atoms with van der Waals surface area (Å²) in [5.41, 5.74) is 3.72. The summed E-state index contributed by atoms with van der Waals surface area (Å²) >= 11 is 5.87. The molecule has 154 valence electrons. The van der Waals surface area contributed by atoms with E-state index in [0.29, 0.717) is 22.2 Å². The van der Waals surface area contributed by atoms with E-state index in [1.807, 2.05) is 13.8 Å². The number of ether oxygens (including phenoxy) is 2. The molecule has 7 nitrogen and oxygen atoms in total. The van der Waals surface area contributed by atoms with Crippen LogP contribution in [0.5, 0.6) is 11.5 Å². The molecule has 0 aromatic heterocycles. The lowest BCUT2D eigenvalue weighted by atomic mass is 10.2. The highest BCUT2D eigenvalue weighted by Crippen LogP contribution is 2.28. The molecule has 0 saturated heterocycles. The molecular weight excluding hydrogens is 394 g/mol. The van der Waals surface area contributed by atoms with Gasteiger partial charge in [0.15, 0.2) is 11.5 Å². The van der Waals surface area contributed by atoms with Crippen molar-refractivity contribution in [1.82, 2.24) is 5.43 Å². The van der Waals surface area contributed by atoms with Gasteiger partial charge in [0.2, 0.25) is 11.8 Å². The number of anilines is 1. The van der Waals surface area contributed by atoms with Crippen LogP contribution in [0.4, 0.5) is 5.69 Å². The lowest BCUT2D eigenvalue weighted by Crippen LogP contribution is -2.20. The largest absolute Gasteiger partial charge is 0.493 e. The molecule has 0 aliphatic rings. The Kier molecular flexibility index (Phi) is 8.48. The maximum Gasteiger partial charge on any atom is 0.240 e. The molecule has 2 aromatic rings. The summed E-state index contributed by atoms with van der Waals surface area (Å²) in [6.45, 7) is 3.86. The van der Waals surface area contributed by atoms with E-state index in [-0.39, 0.29) is 30.8 Å². The number of amides is 2. The van der Waals surface area contributed by atoms with Gasteiger partial charge < -0.3 is 14.8 Å². The molecule has 2 N–H and O–H groups in total. The van der Waals surface area contributed by atoms with E-state index >= 15 is 0 Å². The molecule has 2 amide bonds. The van der Waals surface area contributed by atoms with Gasteiger partial charge >= 0.3 is 0 Å². The summed E-state index contributed by atoms with van der Waals surface area (Å²) in [7, 11) is 1.56. The number of halogens is 1. The number of hydrogen-bond acceptors (Lipinski definition) is 5. The highest BCUT2D eigenvalue weighted by atomic mass is 35.5. The first kappa shape index (κ1) is 22.2. The fourth-order valence-corrected chi connectivity index (χ4v) is 2.56. The second-order valence-electron chi connectivity index (χ2n) is 6.43. The Hall–Kier alpha value is -3.06. The second kappa shape index (κ2) is 11.1. The highest BCUT2D eigenvalue weighted by Gasteiger charge is 2.08. The Labute approximate surface area is 175 Å². The molecule has 0 unspecified atom stereocenters. The predicted molar refractivity (Wildman–Crippen MR) is 114 cm³/mol. The highest BCUT2D eigenvalue weighted by molar-refractivity contribution is 6.30. The molecular formula is C21H24ClN3O4. The molecule has 0 fully saturated rings.